The van der Waals surface area contributed by atoms with Crippen molar-refractivity contribution in [2.45, 2.75) is 43.7 Å². The number of hydrogen-bond acceptors (Lipinski definition) is 4. The molecule has 4 heterocycles. The minimum absolute atomic E-state index is 0.244. The number of rotatable bonds is 2. The summed E-state index contributed by atoms with van der Waals surface area (Å²) in [6.45, 7) is 4.53. The fourth-order valence-corrected chi connectivity index (χ4v) is 7.83. The third-order valence-electron chi connectivity index (χ3n) is 8.96. The topological polar surface area (TPSA) is 78.5 Å². The summed E-state index contributed by atoms with van der Waals surface area (Å²) in [5.41, 5.74) is 2.12. The molecule has 0 aromatic heterocycles. The smallest absolute Gasteiger partial charge is 0.251 e. The number of carbonyl (C=O) groups excluding carboxylic acids is 3. The van der Waals surface area contributed by atoms with Gasteiger partial charge in [0.1, 0.15) is 16.8 Å². The number of halogens is 1. The molecule has 37 heavy (non-hydrogen) atoms. The van der Waals surface area contributed by atoms with E-state index >= 15 is 0 Å². The van der Waals surface area contributed by atoms with Gasteiger partial charge < -0.3 is 10.6 Å². The van der Waals surface area contributed by atoms with Gasteiger partial charge in [-0.25, -0.2) is 4.39 Å². The molecule has 7 rings (SSSR count). The summed E-state index contributed by atoms with van der Waals surface area (Å²) in [7, 11) is 0. The van der Waals surface area contributed by atoms with E-state index in [4.69, 9.17) is 0 Å². The molecule has 7 heteroatoms. The molecule has 4 aliphatic rings. The molecular weight excluding hydrogens is 469 g/mol. The van der Waals surface area contributed by atoms with Crippen LogP contribution in [0.25, 0.3) is 0 Å². The molecule has 4 atom stereocenters. The van der Waals surface area contributed by atoms with E-state index in [1.165, 1.54) is 24.3 Å². The van der Waals surface area contributed by atoms with Gasteiger partial charge >= 0.3 is 0 Å². The first kappa shape index (κ1) is 22.4. The highest BCUT2D eigenvalue weighted by molar-refractivity contribution is 6.21. The van der Waals surface area contributed by atoms with Crippen LogP contribution in [0.15, 0.2) is 60.7 Å². The van der Waals surface area contributed by atoms with Crippen molar-refractivity contribution in [3.63, 3.8) is 0 Å². The minimum Gasteiger partial charge on any atom is -0.325 e. The fraction of sp³-hybridized carbons (Fsp3) is 0.300. The molecule has 0 bridgehead atoms. The monoisotopic (exact) mass is 495 g/mol. The number of Topliss-reactive ketones (excluding diaryl/α,β-unsaturated/α-hetero) is 1. The quantitative estimate of drug-likeness (QED) is 0.515. The van der Waals surface area contributed by atoms with Crippen molar-refractivity contribution in [1.82, 2.24) is 4.90 Å². The molecule has 0 radical (unpaired) electrons. The van der Waals surface area contributed by atoms with Gasteiger partial charge in [0, 0.05) is 28.5 Å². The second kappa shape index (κ2) is 7.35. The molecule has 0 saturated carbocycles. The van der Waals surface area contributed by atoms with Gasteiger partial charge in [-0.15, -0.1) is 0 Å². The van der Waals surface area contributed by atoms with Crippen molar-refractivity contribution in [1.29, 1.82) is 0 Å². The summed E-state index contributed by atoms with van der Waals surface area (Å²) >= 11 is 0. The highest BCUT2D eigenvalue weighted by Gasteiger charge is 2.81. The van der Waals surface area contributed by atoms with Gasteiger partial charge in [0.05, 0.1) is 5.92 Å². The van der Waals surface area contributed by atoms with Gasteiger partial charge in [-0.1, -0.05) is 35.9 Å². The zero-order valence-corrected chi connectivity index (χ0v) is 20.6. The maximum atomic E-state index is 14.4. The Kier molecular flexibility index (Phi) is 4.45. The Hall–Kier alpha value is -3.84. The summed E-state index contributed by atoms with van der Waals surface area (Å²) in [6, 6.07) is 16.6. The molecule has 2 saturated heterocycles. The van der Waals surface area contributed by atoms with Crippen molar-refractivity contribution in [2.75, 3.05) is 17.2 Å². The molecule has 0 aliphatic carbocycles. The first-order valence-corrected chi connectivity index (χ1v) is 12.7. The van der Waals surface area contributed by atoms with E-state index in [1.54, 1.807) is 0 Å². The number of nitrogens with zero attached hydrogens (tertiary/aromatic N) is 1. The molecular formula is C30H26FN3O3. The lowest BCUT2D eigenvalue weighted by molar-refractivity contribution is -0.137. The van der Waals surface area contributed by atoms with Crippen molar-refractivity contribution >= 4 is 29.0 Å². The van der Waals surface area contributed by atoms with E-state index in [0.29, 0.717) is 35.5 Å². The van der Waals surface area contributed by atoms with E-state index in [1.807, 2.05) is 50.2 Å². The van der Waals surface area contributed by atoms with E-state index in [0.717, 1.165) is 23.1 Å². The average molecular weight is 496 g/mol. The third-order valence-corrected chi connectivity index (χ3v) is 8.96. The maximum absolute atomic E-state index is 14.4. The Morgan fingerprint density at radius 3 is 2.51 bits per heavy atom. The van der Waals surface area contributed by atoms with Gasteiger partial charge in [-0.05, 0) is 74.7 Å². The van der Waals surface area contributed by atoms with Crippen LogP contribution in [0, 0.1) is 25.6 Å². The Labute approximate surface area is 213 Å². The molecule has 2 amide bonds. The molecule has 186 valence electrons. The van der Waals surface area contributed by atoms with E-state index < -0.39 is 22.7 Å². The molecule has 4 unspecified atom stereocenters. The SMILES string of the molecule is Cc1cc(C)c2c(c1)C1(C(=O)N2)N2CCCC2C(C(=O)c2ccc(F)cc2)C12C(=O)Nc1ccccc12. The number of amides is 2. The lowest BCUT2D eigenvalue weighted by Crippen LogP contribution is -2.62. The standard InChI is InChI=1S/C30H26FN3O3/c1-16-14-17(2)25-21(15-16)30(28(37)33-25)29(20-6-3-4-7-22(20)32-27(29)36)24(23-8-5-13-34(23)30)26(35)18-9-11-19(31)12-10-18/h3-4,6-7,9-12,14-15,23-24H,5,8,13H2,1-2H3,(H,32,36)(H,33,37). The number of aryl methyl sites for hydroxylation is 2. The van der Waals surface area contributed by atoms with Crippen molar-refractivity contribution < 1.29 is 18.8 Å². The first-order chi connectivity index (χ1) is 17.8. The van der Waals surface area contributed by atoms with Gasteiger partial charge in [-0.2, -0.15) is 0 Å². The summed E-state index contributed by atoms with van der Waals surface area (Å²) < 4.78 is 13.8. The van der Waals surface area contributed by atoms with Crippen LogP contribution in [0.4, 0.5) is 15.8 Å². The first-order valence-electron chi connectivity index (χ1n) is 12.7. The normalized spacial score (nSPS) is 29.4. The van der Waals surface area contributed by atoms with Crippen molar-refractivity contribution in [2.24, 2.45) is 5.92 Å². The van der Waals surface area contributed by atoms with E-state index in [2.05, 4.69) is 15.5 Å². The summed E-state index contributed by atoms with van der Waals surface area (Å²) in [4.78, 5) is 45.5. The largest absolute Gasteiger partial charge is 0.325 e. The fourth-order valence-electron chi connectivity index (χ4n) is 7.83. The minimum atomic E-state index is -1.49. The van der Waals surface area contributed by atoms with Gasteiger partial charge in [-0.3, -0.25) is 19.3 Å². The summed E-state index contributed by atoms with van der Waals surface area (Å²) in [5, 5.41) is 6.16. The maximum Gasteiger partial charge on any atom is 0.251 e. The van der Waals surface area contributed by atoms with Gasteiger partial charge in [0.15, 0.2) is 5.78 Å². The van der Waals surface area contributed by atoms with Crippen LogP contribution in [0.3, 0.4) is 0 Å². The Morgan fingerprint density at radius 2 is 1.73 bits per heavy atom. The highest BCUT2D eigenvalue weighted by atomic mass is 19.1. The van der Waals surface area contributed by atoms with Crippen LogP contribution in [0.1, 0.15) is 45.5 Å². The molecule has 3 aromatic carbocycles. The van der Waals surface area contributed by atoms with Crippen LogP contribution in [-0.4, -0.2) is 35.1 Å². The van der Waals surface area contributed by atoms with Gasteiger partial charge in [0.25, 0.3) is 5.91 Å². The second-order valence-corrected chi connectivity index (χ2v) is 10.7. The molecule has 6 nitrogen and oxygen atoms in total. The number of carbonyl (C=O) groups is 3. The van der Waals surface area contributed by atoms with Crippen LogP contribution in [0.2, 0.25) is 0 Å². The molecule has 2 fully saturated rings. The molecule has 3 aromatic rings. The molecule has 2 N–H and O–H groups in total. The van der Waals surface area contributed by atoms with Crippen molar-refractivity contribution in [3.8, 4) is 0 Å². The third kappa shape index (κ3) is 2.50. The number of benzene rings is 3. The lowest BCUT2D eigenvalue weighted by Gasteiger charge is -2.43. The van der Waals surface area contributed by atoms with E-state index in [-0.39, 0.29) is 23.6 Å². The van der Waals surface area contributed by atoms with Crippen LogP contribution in [0.5, 0.6) is 0 Å². The predicted octanol–water partition coefficient (Wildman–Crippen LogP) is 4.46. The summed E-state index contributed by atoms with van der Waals surface area (Å²) in [6.07, 6.45) is 1.50. The Morgan fingerprint density at radius 1 is 0.973 bits per heavy atom. The second-order valence-electron chi connectivity index (χ2n) is 10.7. The number of fused-ring (bicyclic) bond motifs is 7. The number of anilines is 2. The molecule has 2 spiro atoms. The number of para-hydroxylation sites is 1. The lowest BCUT2D eigenvalue weighted by atomic mass is 9.57. The van der Waals surface area contributed by atoms with Crippen LogP contribution < -0.4 is 10.6 Å². The number of hydrogen-bond donors (Lipinski definition) is 2. The van der Waals surface area contributed by atoms with Gasteiger partial charge in [0.2, 0.25) is 5.91 Å². The van der Waals surface area contributed by atoms with Crippen LogP contribution in [-0.2, 0) is 20.5 Å². The average Bonchev–Trinajstić information content (AvgIpc) is 3.59. The van der Waals surface area contributed by atoms with E-state index in [9.17, 15) is 18.8 Å². The summed E-state index contributed by atoms with van der Waals surface area (Å²) in [5.74, 6) is -2.13. The zero-order valence-electron chi connectivity index (χ0n) is 20.6. The number of nitrogens with one attached hydrogen (secondary N) is 2. The van der Waals surface area contributed by atoms with Crippen molar-refractivity contribution in [3.05, 3.63) is 94.3 Å². The zero-order chi connectivity index (χ0) is 25.7. The predicted molar refractivity (Wildman–Crippen MR) is 137 cm³/mol. The Bertz CT molecular complexity index is 1530. The molecule has 4 aliphatic heterocycles. The Balaban J connectivity index is 1.60. The number of ketones is 1. The highest BCUT2D eigenvalue weighted by Crippen LogP contribution is 2.68. The van der Waals surface area contributed by atoms with Crippen LogP contribution >= 0.6 is 0 Å².